The number of nitrogens with zero attached hydrogens (tertiary/aromatic N) is 3. The monoisotopic (exact) mass is 188 g/mol. The highest BCUT2D eigenvalue weighted by Crippen LogP contribution is 2.03. The molecule has 0 atom stereocenters. The molecule has 4 heteroatoms. The lowest BCUT2D eigenvalue weighted by molar-refractivity contribution is 0.688. The first kappa shape index (κ1) is 8.74. The van der Waals surface area contributed by atoms with Gasteiger partial charge in [-0.2, -0.15) is 5.10 Å². The van der Waals surface area contributed by atoms with Crippen LogP contribution in [-0.2, 0) is 6.54 Å². The van der Waals surface area contributed by atoms with E-state index in [-0.39, 0.29) is 0 Å². The van der Waals surface area contributed by atoms with Crippen molar-refractivity contribution in [1.82, 2.24) is 14.8 Å². The Bertz CT molecular complexity index is 416. The van der Waals surface area contributed by atoms with E-state index in [1.807, 2.05) is 31.5 Å². The first-order chi connectivity index (χ1) is 6.74. The minimum Gasteiger partial charge on any atom is -0.382 e. The molecule has 0 amide bonds. The number of pyridine rings is 1. The van der Waals surface area contributed by atoms with Crippen molar-refractivity contribution < 1.29 is 0 Å². The van der Waals surface area contributed by atoms with E-state index in [4.69, 9.17) is 5.73 Å². The average Bonchev–Trinajstić information content (AvgIpc) is 2.56. The maximum atomic E-state index is 5.51. The summed E-state index contributed by atoms with van der Waals surface area (Å²) in [6.45, 7) is 2.68. The van der Waals surface area contributed by atoms with E-state index < -0.39 is 0 Å². The first-order valence-electron chi connectivity index (χ1n) is 4.44. The zero-order valence-corrected chi connectivity index (χ0v) is 8.01. The molecule has 0 aliphatic rings. The summed E-state index contributed by atoms with van der Waals surface area (Å²) in [7, 11) is 0. The molecule has 0 aliphatic heterocycles. The molecular weight excluding hydrogens is 176 g/mol. The molecule has 14 heavy (non-hydrogen) atoms. The van der Waals surface area contributed by atoms with Crippen LogP contribution in [0.5, 0.6) is 0 Å². The molecule has 2 heterocycles. The summed E-state index contributed by atoms with van der Waals surface area (Å²) in [6, 6.07) is 5.81. The number of nitrogen functional groups attached to an aromatic ring is 1. The van der Waals surface area contributed by atoms with Gasteiger partial charge in [0.1, 0.15) is 5.82 Å². The number of hydrogen-bond acceptors (Lipinski definition) is 3. The second kappa shape index (κ2) is 3.49. The Morgan fingerprint density at radius 2 is 2.21 bits per heavy atom. The predicted octanol–water partition coefficient (Wildman–Crippen LogP) is 1.22. The van der Waals surface area contributed by atoms with Crippen molar-refractivity contribution >= 4 is 5.82 Å². The Morgan fingerprint density at radius 3 is 2.79 bits per heavy atom. The summed E-state index contributed by atoms with van der Waals surface area (Å²) in [5.74, 6) is 0.546. The molecule has 0 bridgehead atoms. The fraction of sp³-hybridized carbons (Fsp3) is 0.200. The van der Waals surface area contributed by atoms with Crippen LogP contribution < -0.4 is 5.73 Å². The molecular formula is C10H12N4. The highest BCUT2D eigenvalue weighted by molar-refractivity contribution is 5.24. The molecule has 2 aromatic rings. The minimum atomic E-state index is 0.546. The van der Waals surface area contributed by atoms with Crippen molar-refractivity contribution in [2.24, 2.45) is 0 Å². The number of rotatable bonds is 2. The number of aryl methyl sites for hydroxylation is 1. The van der Waals surface area contributed by atoms with Crippen LogP contribution in [0.2, 0.25) is 0 Å². The third-order valence-corrected chi connectivity index (χ3v) is 1.98. The second-order valence-corrected chi connectivity index (χ2v) is 3.25. The summed E-state index contributed by atoms with van der Waals surface area (Å²) < 4.78 is 1.79. The molecule has 0 saturated heterocycles. The quantitative estimate of drug-likeness (QED) is 0.770. The van der Waals surface area contributed by atoms with Crippen LogP contribution in [0.25, 0.3) is 0 Å². The van der Waals surface area contributed by atoms with Crippen LogP contribution in [0.4, 0.5) is 5.82 Å². The molecule has 0 fully saturated rings. The Labute approximate surface area is 82.4 Å². The van der Waals surface area contributed by atoms with Gasteiger partial charge in [0.2, 0.25) is 0 Å². The summed E-state index contributed by atoms with van der Waals surface area (Å²) >= 11 is 0. The van der Waals surface area contributed by atoms with E-state index in [1.54, 1.807) is 10.7 Å². The van der Waals surface area contributed by atoms with E-state index in [2.05, 4.69) is 10.1 Å². The van der Waals surface area contributed by atoms with Gasteiger partial charge in [-0.1, -0.05) is 6.07 Å². The minimum absolute atomic E-state index is 0.546. The van der Waals surface area contributed by atoms with Gasteiger partial charge in [0.15, 0.2) is 0 Å². The maximum absolute atomic E-state index is 5.51. The Kier molecular flexibility index (Phi) is 2.18. The van der Waals surface area contributed by atoms with Crippen LogP contribution in [-0.4, -0.2) is 14.8 Å². The number of anilines is 1. The van der Waals surface area contributed by atoms with E-state index in [0.29, 0.717) is 12.4 Å². The molecule has 0 aliphatic carbocycles. The van der Waals surface area contributed by atoms with Crippen molar-refractivity contribution in [2.75, 3.05) is 5.73 Å². The van der Waals surface area contributed by atoms with Gasteiger partial charge in [0.05, 0.1) is 6.54 Å². The van der Waals surface area contributed by atoms with Gasteiger partial charge >= 0.3 is 0 Å². The zero-order chi connectivity index (χ0) is 9.97. The Hall–Kier alpha value is -1.84. The molecule has 0 radical (unpaired) electrons. The van der Waals surface area contributed by atoms with Crippen LogP contribution in [0, 0.1) is 6.92 Å². The lowest BCUT2D eigenvalue weighted by Crippen LogP contribution is -2.01. The molecule has 0 aromatic carbocycles. The average molecular weight is 188 g/mol. The van der Waals surface area contributed by atoms with Gasteiger partial charge in [0, 0.05) is 18.1 Å². The number of aromatic nitrogens is 3. The van der Waals surface area contributed by atoms with Gasteiger partial charge in [0.25, 0.3) is 0 Å². The molecule has 0 spiro atoms. The zero-order valence-electron chi connectivity index (χ0n) is 8.01. The highest BCUT2D eigenvalue weighted by Gasteiger charge is 1.97. The van der Waals surface area contributed by atoms with Crippen LogP contribution in [0.3, 0.4) is 0 Å². The lowest BCUT2D eigenvalue weighted by atomic mass is 10.2. The Balaban J connectivity index is 2.15. The van der Waals surface area contributed by atoms with Crippen molar-refractivity contribution in [3.8, 4) is 0 Å². The Morgan fingerprint density at radius 1 is 1.36 bits per heavy atom. The van der Waals surface area contributed by atoms with Crippen molar-refractivity contribution in [1.29, 1.82) is 0 Å². The topological polar surface area (TPSA) is 56.7 Å². The molecule has 0 unspecified atom stereocenters. The summed E-state index contributed by atoms with van der Waals surface area (Å²) in [4.78, 5) is 4.21. The standard InChI is InChI=1S/C10H12N4/c1-8-2-3-9(6-12-8)7-14-5-4-10(11)13-14/h2-6H,7H2,1H3,(H2,11,13). The molecule has 2 rings (SSSR count). The van der Waals surface area contributed by atoms with Crippen molar-refractivity contribution in [3.05, 3.63) is 41.9 Å². The lowest BCUT2D eigenvalue weighted by Gasteiger charge is -2.01. The van der Waals surface area contributed by atoms with Crippen molar-refractivity contribution in [3.63, 3.8) is 0 Å². The second-order valence-electron chi connectivity index (χ2n) is 3.25. The molecule has 2 N–H and O–H groups in total. The van der Waals surface area contributed by atoms with Gasteiger partial charge < -0.3 is 5.73 Å². The van der Waals surface area contributed by atoms with Gasteiger partial charge in [-0.3, -0.25) is 9.67 Å². The number of hydrogen-bond donors (Lipinski definition) is 1. The fourth-order valence-electron chi connectivity index (χ4n) is 1.24. The van der Waals surface area contributed by atoms with Gasteiger partial charge in [-0.25, -0.2) is 0 Å². The van der Waals surface area contributed by atoms with E-state index in [0.717, 1.165) is 11.3 Å². The van der Waals surface area contributed by atoms with E-state index in [1.165, 1.54) is 0 Å². The highest BCUT2D eigenvalue weighted by atomic mass is 15.3. The van der Waals surface area contributed by atoms with E-state index >= 15 is 0 Å². The largest absolute Gasteiger partial charge is 0.382 e. The van der Waals surface area contributed by atoms with Crippen LogP contribution in [0.15, 0.2) is 30.6 Å². The summed E-state index contributed by atoms with van der Waals surface area (Å²) in [5.41, 5.74) is 7.65. The molecule has 0 saturated carbocycles. The van der Waals surface area contributed by atoms with Crippen LogP contribution in [0.1, 0.15) is 11.3 Å². The summed E-state index contributed by atoms with van der Waals surface area (Å²) in [6.07, 6.45) is 3.71. The summed E-state index contributed by atoms with van der Waals surface area (Å²) in [5, 5.41) is 4.10. The third-order valence-electron chi connectivity index (χ3n) is 1.98. The molecule has 2 aromatic heterocycles. The van der Waals surface area contributed by atoms with Gasteiger partial charge in [-0.05, 0) is 24.6 Å². The normalized spacial score (nSPS) is 10.4. The predicted molar refractivity (Wildman–Crippen MR) is 54.7 cm³/mol. The molecule has 72 valence electrons. The van der Waals surface area contributed by atoms with Crippen LogP contribution >= 0.6 is 0 Å². The van der Waals surface area contributed by atoms with E-state index in [9.17, 15) is 0 Å². The number of nitrogens with two attached hydrogens (primary N) is 1. The molecule has 4 nitrogen and oxygen atoms in total. The van der Waals surface area contributed by atoms with Crippen molar-refractivity contribution in [2.45, 2.75) is 13.5 Å². The SMILES string of the molecule is Cc1ccc(Cn2ccc(N)n2)cn1. The first-order valence-corrected chi connectivity index (χ1v) is 4.44. The maximum Gasteiger partial charge on any atom is 0.145 e. The van der Waals surface area contributed by atoms with Gasteiger partial charge in [-0.15, -0.1) is 0 Å². The smallest absolute Gasteiger partial charge is 0.145 e. The fourth-order valence-corrected chi connectivity index (χ4v) is 1.24. The third kappa shape index (κ3) is 1.90.